The lowest BCUT2D eigenvalue weighted by molar-refractivity contribution is -0.152. The lowest BCUT2D eigenvalue weighted by Gasteiger charge is -2.31. The van der Waals surface area contributed by atoms with Crippen molar-refractivity contribution in [2.24, 2.45) is 0 Å². The van der Waals surface area contributed by atoms with Gasteiger partial charge in [-0.05, 0) is 19.3 Å². The van der Waals surface area contributed by atoms with Gasteiger partial charge in [0.2, 0.25) is 0 Å². The van der Waals surface area contributed by atoms with Gasteiger partial charge in [0.15, 0.2) is 0 Å². The highest BCUT2D eigenvalue weighted by molar-refractivity contribution is 9.09. The standard InChI is InChI=1S/C8H13BrO2/c1-2-3-8(10)11-7-5-4-6(7)9/h6-7H,2-5H2,1H3. The van der Waals surface area contributed by atoms with Gasteiger partial charge in [0.1, 0.15) is 6.10 Å². The van der Waals surface area contributed by atoms with Crippen LogP contribution < -0.4 is 0 Å². The van der Waals surface area contributed by atoms with Crippen LogP contribution in [0.4, 0.5) is 0 Å². The first-order valence-corrected chi connectivity index (χ1v) is 4.99. The van der Waals surface area contributed by atoms with Gasteiger partial charge in [0.05, 0.1) is 4.83 Å². The minimum atomic E-state index is -0.0540. The van der Waals surface area contributed by atoms with Gasteiger partial charge in [-0.3, -0.25) is 4.79 Å². The summed E-state index contributed by atoms with van der Waals surface area (Å²) in [5.41, 5.74) is 0. The van der Waals surface area contributed by atoms with Crippen LogP contribution in [0.25, 0.3) is 0 Å². The fourth-order valence-electron chi connectivity index (χ4n) is 0.993. The SMILES string of the molecule is CCCC(=O)OC1CCC1Br. The molecule has 0 aromatic heterocycles. The van der Waals surface area contributed by atoms with E-state index in [2.05, 4.69) is 15.9 Å². The van der Waals surface area contributed by atoms with E-state index in [1.807, 2.05) is 6.92 Å². The van der Waals surface area contributed by atoms with Crippen molar-refractivity contribution in [1.29, 1.82) is 0 Å². The summed E-state index contributed by atoms with van der Waals surface area (Å²) in [6.45, 7) is 1.98. The van der Waals surface area contributed by atoms with Crippen molar-refractivity contribution in [3.05, 3.63) is 0 Å². The Morgan fingerprint density at radius 3 is 2.73 bits per heavy atom. The lowest BCUT2D eigenvalue weighted by atomic mass is 9.96. The average molecular weight is 221 g/mol. The zero-order valence-electron chi connectivity index (χ0n) is 6.68. The number of esters is 1. The molecule has 2 atom stereocenters. The van der Waals surface area contributed by atoms with Crippen molar-refractivity contribution in [2.45, 2.75) is 43.5 Å². The van der Waals surface area contributed by atoms with Crippen LogP contribution in [0.1, 0.15) is 32.6 Å². The summed E-state index contributed by atoms with van der Waals surface area (Å²) >= 11 is 3.43. The van der Waals surface area contributed by atoms with Crippen molar-refractivity contribution in [2.75, 3.05) is 0 Å². The molecule has 11 heavy (non-hydrogen) atoms. The fourth-order valence-corrected chi connectivity index (χ4v) is 1.63. The Hall–Kier alpha value is -0.0500. The van der Waals surface area contributed by atoms with E-state index in [1.165, 1.54) is 0 Å². The quantitative estimate of drug-likeness (QED) is 0.539. The average Bonchev–Trinajstić information content (AvgIpc) is 1.98. The van der Waals surface area contributed by atoms with E-state index in [1.54, 1.807) is 0 Å². The first-order chi connectivity index (χ1) is 5.24. The molecule has 3 heteroatoms. The van der Waals surface area contributed by atoms with Crippen LogP contribution in [0, 0.1) is 0 Å². The monoisotopic (exact) mass is 220 g/mol. The molecule has 0 bridgehead atoms. The van der Waals surface area contributed by atoms with E-state index in [4.69, 9.17) is 4.74 Å². The molecule has 0 N–H and O–H groups in total. The minimum absolute atomic E-state index is 0.0540. The number of hydrogen-bond acceptors (Lipinski definition) is 2. The molecule has 0 saturated heterocycles. The van der Waals surface area contributed by atoms with Crippen LogP contribution in [0.3, 0.4) is 0 Å². The van der Waals surface area contributed by atoms with Gasteiger partial charge in [0, 0.05) is 6.42 Å². The van der Waals surface area contributed by atoms with E-state index in [9.17, 15) is 4.79 Å². The van der Waals surface area contributed by atoms with Crippen molar-refractivity contribution < 1.29 is 9.53 Å². The minimum Gasteiger partial charge on any atom is -0.461 e. The molecule has 0 radical (unpaired) electrons. The molecular weight excluding hydrogens is 208 g/mol. The third-order valence-corrected chi connectivity index (χ3v) is 2.91. The van der Waals surface area contributed by atoms with Gasteiger partial charge >= 0.3 is 5.97 Å². The summed E-state index contributed by atoms with van der Waals surface area (Å²) in [5.74, 6) is -0.0540. The second-order valence-corrected chi connectivity index (χ2v) is 4.05. The van der Waals surface area contributed by atoms with Gasteiger partial charge in [-0.15, -0.1) is 0 Å². The van der Waals surface area contributed by atoms with Crippen LogP contribution in [0.15, 0.2) is 0 Å². The molecule has 0 aliphatic heterocycles. The highest BCUT2D eigenvalue weighted by Crippen LogP contribution is 2.30. The van der Waals surface area contributed by atoms with Crippen molar-refractivity contribution in [3.63, 3.8) is 0 Å². The molecule has 2 nitrogen and oxygen atoms in total. The fraction of sp³-hybridized carbons (Fsp3) is 0.875. The number of rotatable bonds is 3. The third kappa shape index (κ3) is 2.47. The van der Waals surface area contributed by atoms with Gasteiger partial charge in [-0.2, -0.15) is 0 Å². The van der Waals surface area contributed by atoms with Crippen molar-refractivity contribution >= 4 is 21.9 Å². The number of halogens is 1. The molecule has 1 aliphatic carbocycles. The molecule has 0 aromatic carbocycles. The lowest BCUT2D eigenvalue weighted by Crippen LogP contribution is -2.36. The predicted octanol–water partition coefficient (Wildman–Crippen LogP) is 2.26. The molecular formula is C8H13BrO2. The highest BCUT2D eigenvalue weighted by atomic mass is 79.9. The topological polar surface area (TPSA) is 26.3 Å². The maximum absolute atomic E-state index is 10.9. The van der Waals surface area contributed by atoms with E-state index >= 15 is 0 Å². The number of carbonyl (C=O) groups excluding carboxylic acids is 1. The molecule has 1 rings (SSSR count). The van der Waals surface area contributed by atoms with E-state index < -0.39 is 0 Å². The van der Waals surface area contributed by atoms with Crippen molar-refractivity contribution in [1.82, 2.24) is 0 Å². The normalized spacial score (nSPS) is 29.3. The Kier molecular flexibility index (Phi) is 3.37. The molecule has 64 valence electrons. The molecule has 1 fully saturated rings. The number of hydrogen-bond donors (Lipinski definition) is 0. The molecule has 1 aliphatic rings. The summed E-state index contributed by atoms with van der Waals surface area (Å²) in [4.78, 5) is 11.4. The number of ether oxygens (including phenoxy) is 1. The molecule has 0 heterocycles. The van der Waals surface area contributed by atoms with E-state index in [-0.39, 0.29) is 12.1 Å². The maximum atomic E-state index is 10.9. The summed E-state index contributed by atoms with van der Waals surface area (Å²) in [5, 5.41) is 0. The molecule has 0 aromatic rings. The van der Waals surface area contributed by atoms with Gasteiger partial charge in [0.25, 0.3) is 0 Å². The smallest absolute Gasteiger partial charge is 0.306 e. The van der Waals surface area contributed by atoms with Crippen LogP contribution in [-0.4, -0.2) is 16.9 Å². The Labute approximate surface area is 75.4 Å². The second-order valence-electron chi connectivity index (χ2n) is 2.87. The molecule has 1 saturated carbocycles. The van der Waals surface area contributed by atoms with Crippen LogP contribution in [-0.2, 0) is 9.53 Å². The predicted molar refractivity (Wildman–Crippen MR) is 46.7 cm³/mol. The summed E-state index contributed by atoms with van der Waals surface area (Å²) in [7, 11) is 0. The molecule has 0 amide bonds. The first-order valence-electron chi connectivity index (χ1n) is 4.07. The van der Waals surface area contributed by atoms with Crippen LogP contribution in [0.5, 0.6) is 0 Å². The largest absolute Gasteiger partial charge is 0.461 e. The van der Waals surface area contributed by atoms with Gasteiger partial charge in [-0.25, -0.2) is 0 Å². The van der Waals surface area contributed by atoms with Gasteiger partial charge in [-0.1, -0.05) is 22.9 Å². The van der Waals surface area contributed by atoms with Crippen LogP contribution in [0.2, 0.25) is 0 Å². The second kappa shape index (κ2) is 4.10. The number of carbonyl (C=O) groups is 1. The third-order valence-electron chi connectivity index (χ3n) is 1.87. The maximum Gasteiger partial charge on any atom is 0.306 e. The van der Waals surface area contributed by atoms with Crippen molar-refractivity contribution in [3.8, 4) is 0 Å². The first kappa shape index (κ1) is 9.04. The highest BCUT2D eigenvalue weighted by Gasteiger charge is 2.31. The summed E-state index contributed by atoms with van der Waals surface area (Å²) < 4.78 is 5.15. The Morgan fingerprint density at radius 1 is 1.64 bits per heavy atom. The van der Waals surface area contributed by atoms with E-state index in [0.717, 1.165) is 19.3 Å². The molecule has 2 unspecified atom stereocenters. The Bertz CT molecular complexity index is 147. The Morgan fingerprint density at radius 2 is 2.36 bits per heavy atom. The summed E-state index contributed by atoms with van der Waals surface area (Å²) in [6, 6.07) is 0. The number of alkyl halides is 1. The van der Waals surface area contributed by atoms with Gasteiger partial charge < -0.3 is 4.74 Å². The zero-order valence-corrected chi connectivity index (χ0v) is 8.26. The Balaban J connectivity index is 2.14. The van der Waals surface area contributed by atoms with E-state index in [0.29, 0.717) is 11.2 Å². The molecule has 0 spiro atoms. The van der Waals surface area contributed by atoms with Crippen LogP contribution >= 0.6 is 15.9 Å². The zero-order chi connectivity index (χ0) is 8.27. The summed E-state index contributed by atoms with van der Waals surface area (Å²) in [6.07, 6.45) is 3.72.